The van der Waals surface area contributed by atoms with Crippen molar-refractivity contribution in [2.45, 2.75) is 78.2 Å². The molecule has 0 N–H and O–H groups in total. The fraction of sp³-hybridized carbons (Fsp3) is 0.484. The standard InChI is InChI=1S/C31H38FN5O5S/c1-19(2)42-24(22-17-21(32)11-12-23(22)41-6)18-35-28-25(20(3)27(43-28)36-16-10-13-33-36)26(38)37(30(35)40)31(4,5)29(39)34-14-8-7-9-15-34/h10-13,16-17,19,24H,7-9,14-15,18H2,1-6H3/t24-/m0/s1. The number of halogens is 1. The van der Waals surface area contributed by atoms with Gasteiger partial charge in [0, 0.05) is 36.6 Å². The van der Waals surface area contributed by atoms with E-state index in [-0.39, 0.29) is 18.6 Å². The molecule has 0 spiro atoms. The lowest BCUT2D eigenvalue weighted by atomic mass is 10.00. The number of amides is 1. The first-order chi connectivity index (χ1) is 20.4. The topological polar surface area (TPSA) is 101 Å². The zero-order chi connectivity index (χ0) is 31.1. The number of thiophene rings is 1. The molecule has 230 valence electrons. The van der Waals surface area contributed by atoms with Gasteiger partial charge in [-0.3, -0.25) is 14.2 Å². The van der Waals surface area contributed by atoms with Crippen molar-refractivity contribution >= 4 is 27.5 Å². The molecule has 12 heteroatoms. The number of ether oxygens (including phenoxy) is 2. The molecule has 1 amide bonds. The van der Waals surface area contributed by atoms with E-state index >= 15 is 0 Å². The van der Waals surface area contributed by atoms with Crippen molar-refractivity contribution in [1.82, 2.24) is 23.8 Å². The predicted octanol–water partition coefficient (Wildman–Crippen LogP) is 4.78. The number of aromatic nitrogens is 4. The van der Waals surface area contributed by atoms with Gasteiger partial charge in [-0.15, -0.1) is 0 Å². The molecule has 1 aliphatic rings. The van der Waals surface area contributed by atoms with E-state index in [1.54, 1.807) is 41.9 Å². The van der Waals surface area contributed by atoms with E-state index in [1.807, 2.05) is 20.8 Å². The fourth-order valence-corrected chi connectivity index (χ4v) is 7.09. The van der Waals surface area contributed by atoms with Crippen molar-refractivity contribution in [1.29, 1.82) is 0 Å². The Bertz CT molecular complexity index is 1750. The molecule has 0 saturated carbocycles. The summed E-state index contributed by atoms with van der Waals surface area (Å²) in [4.78, 5) is 44.8. The SMILES string of the molecule is COc1ccc(F)cc1[C@H](Cn1c(=O)n(C(C)(C)C(=O)N2CCCCC2)c(=O)c2c(C)c(-n3cccn3)sc21)OC(C)C. The minimum absolute atomic E-state index is 0.0555. The Morgan fingerprint density at radius 3 is 2.51 bits per heavy atom. The van der Waals surface area contributed by atoms with Crippen LogP contribution in [0, 0.1) is 12.7 Å². The number of carbonyl (C=O) groups is 1. The second-order valence-corrected chi connectivity index (χ2v) is 12.6. The Hall–Kier alpha value is -3.77. The molecule has 1 atom stereocenters. The maximum absolute atomic E-state index is 14.5. The molecule has 5 rings (SSSR count). The number of methoxy groups -OCH3 is 1. The van der Waals surface area contributed by atoms with Crippen molar-refractivity contribution in [3.8, 4) is 10.8 Å². The third-order valence-corrected chi connectivity index (χ3v) is 9.25. The average Bonchev–Trinajstić information content (AvgIpc) is 3.62. The van der Waals surface area contributed by atoms with Crippen LogP contribution in [-0.2, 0) is 21.6 Å². The van der Waals surface area contributed by atoms with Crippen LogP contribution in [-0.4, -0.2) is 56.0 Å². The average molecular weight is 612 g/mol. The Morgan fingerprint density at radius 2 is 1.88 bits per heavy atom. The van der Waals surface area contributed by atoms with Crippen LogP contribution in [0.25, 0.3) is 15.2 Å². The lowest BCUT2D eigenvalue weighted by molar-refractivity contribution is -0.140. The van der Waals surface area contributed by atoms with Gasteiger partial charge in [0.25, 0.3) is 5.56 Å². The molecule has 3 aromatic heterocycles. The number of nitrogens with zero attached hydrogens (tertiary/aromatic N) is 5. The smallest absolute Gasteiger partial charge is 0.333 e. The van der Waals surface area contributed by atoms with Gasteiger partial charge in [0.2, 0.25) is 5.91 Å². The highest BCUT2D eigenvalue weighted by atomic mass is 32.1. The summed E-state index contributed by atoms with van der Waals surface area (Å²) < 4.78 is 30.5. The van der Waals surface area contributed by atoms with Crippen LogP contribution in [0.1, 0.15) is 64.2 Å². The van der Waals surface area contributed by atoms with Gasteiger partial charge in [-0.2, -0.15) is 5.10 Å². The maximum atomic E-state index is 14.5. The van der Waals surface area contributed by atoms with Crippen molar-refractivity contribution in [3.05, 3.63) is 74.4 Å². The van der Waals surface area contributed by atoms with E-state index in [0.29, 0.717) is 45.2 Å². The first kappa shape index (κ1) is 30.7. The van der Waals surface area contributed by atoms with Gasteiger partial charge in [-0.05, 0) is 78.1 Å². The predicted molar refractivity (Wildman–Crippen MR) is 164 cm³/mol. The van der Waals surface area contributed by atoms with Crippen molar-refractivity contribution in [3.63, 3.8) is 0 Å². The molecule has 0 unspecified atom stereocenters. The van der Waals surface area contributed by atoms with E-state index in [1.165, 1.54) is 41.2 Å². The summed E-state index contributed by atoms with van der Waals surface area (Å²) >= 11 is 1.26. The molecule has 43 heavy (non-hydrogen) atoms. The molecule has 1 aliphatic heterocycles. The van der Waals surface area contributed by atoms with E-state index < -0.39 is 28.7 Å². The summed E-state index contributed by atoms with van der Waals surface area (Å²) in [5, 5.41) is 5.35. The van der Waals surface area contributed by atoms with Gasteiger partial charge in [-0.25, -0.2) is 18.4 Å². The third kappa shape index (κ3) is 5.65. The van der Waals surface area contributed by atoms with E-state index in [0.717, 1.165) is 23.8 Å². The molecule has 1 aromatic carbocycles. The molecule has 0 radical (unpaired) electrons. The second kappa shape index (κ2) is 12.1. The summed E-state index contributed by atoms with van der Waals surface area (Å²) in [6.07, 6.45) is 5.10. The monoisotopic (exact) mass is 611 g/mol. The number of fused-ring (bicyclic) bond motifs is 1. The van der Waals surface area contributed by atoms with Gasteiger partial charge in [-0.1, -0.05) is 11.3 Å². The molecule has 10 nitrogen and oxygen atoms in total. The second-order valence-electron chi connectivity index (χ2n) is 11.7. The fourth-order valence-electron chi connectivity index (χ4n) is 5.84. The number of carbonyl (C=O) groups excluding carboxylic acids is 1. The van der Waals surface area contributed by atoms with Gasteiger partial charge in [0.1, 0.15) is 33.0 Å². The number of rotatable bonds is 9. The van der Waals surface area contributed by atoms with E-state index in [4.69, 9.17) is 9.47 Å². The summed E-state index contributed by atoms with van der Waals surface area (Å²) in [6.45, 7) is 9.87. The molecule has 0 aliphatic carbocycles. The van der Waals surface area contributed by atoms with Crippen LogP contribution < -0.4 is 16.0 Å². The minimum Gasteiger partial charge on any atom is -0.496 e. The normalized spacial score (nSPS) is 14.9. The van der Waals surface area contributed by atoms with Crippen molar-refractivity contribution in [2.75, 3.05) is 20.2 Å². The Kier molecular flexibility index (Phi) is 8.62. The van der Waals surface area contributed by atoms with Crippen molar-refractivity contribution in [2.24, 2.45) is 0 Å². The lowest BCUT2D eigenvalue weighted by Crippen LogP contribution is -2.57. The molecule has 4 aromatic rings. The molecular weight excluding hydrogens is 573 g/mol. The van der Waals surface area contributed by atoms with Crippen LogP contribution >= 0.6 is 11.3 Å². The zero-order valence-electron chi connectivity index (χ0n) is 25.4. The van der Waals surface area contributed by atoms with E-state index in [2.05, 4.69) is 5.10 Å². The number of benzene rings is 1. The summed E-state index contributed by atoms with van der Waals surface area (Å²) in [5.41, 5.74) is -1.58. The number of aryl methyl sites for hydroxylation is 1. The maximum Gasteiger partial charge on any atom is 0.333 e. The van der Waals surface area contributed by atoms with Crippen LogP contribution in [0.3, 0.4) is 0 Å². The van der Waals surface area contributed by atoms with Crippen LogP contribution in [0.2, 0.25) is 0 Å². The van der Waals surface area contributed by atoms with Gasteiger partial charge in [0.15, 0.2) is 0 Å². The molecular formula is C31H38FN5O5S. The van der Waals surface area contributed by atoms with Crippen molar-refractivity contribution < 1.29 is 18.7 Å². The number of hydrogen-bond acceptors (Lipinski definition) is 7. The van der Waals surface area contributed by atoms with Gasteiger partial charge < -0.3 is 14.4 Å². The first-order valence-corrected chi connectivity index (χ1v) is 15.3. The highest BCUT2D eigenvalue weighted by Gasteiger charge is 2.39. The van der Waals surface area contributed by atoms with Crippen LogP contribution in [0.5, 0.6) is 5.75 Å². The molecule has 1 saturated heterocycles. The number of piperidine rings is 1. The summed E-state index contributed by atoms with van der Waals surface area (Å²) in [5.74, 6) is -0.346. The quantitative estimate of drug-likeness (QED) is 0.270. The van der Waals surface area contributed by atoms with Crippen LogP contribution in [0.4, 0.5) is 4.39 Å². The van der Waals surface area contributed by atoms with Gasteiger partial charge >= 0.3 is 5.69 Å². The number of hydrogen-bond donors (Lipinski definition) is 0. The third-order valence-electron chi connectivity index (χ3n) is 7.95. The zero-order valence-corrected chi connectivity index (χ0v) is 26.2. The lowest BCUT2D eigenvalue weighted by Gasteiger charge is -2.35. The Morgan fingerprint density at radius 1 is 1.16 bits per heavy atom. The minimum atomic E-state index is -1.47. The summed E-state index contributed by atoms with van der Waals surface area (Å²) in [6, 6.07) is 5.93. The Labute approximate surface area is 253 Å². The first-order valence-electron chi connectivity index (χ1n) is 14.5. The number of likely N-dealkylation sites (tertiary alicyclic amines) is 1. The molecule has 0 bridgehead atoms. The highest BCUT2D eigenvalue weighted by molar-refractivity contribution is 7.21. The molecule has 4 heterocycles. The van der Waals surface area contributed by atoms with E-state index in [9.17, 15) is 18.8 Å². The van der Waals surface area contributed by atoms with Crippen LogP contribution in [0.15, 0.2) is 46.2 Å². The highest BCUT2D eigenvalue weighted by Crippen LogP contribution is 2.35. The Balaban J connectivity index is 1.77. The summed E-state index contributed by atoms with van der Waals surface area (Å²) in [7, 11) is 1.49. The van der Waals surface area contributed by atoms with Gasteiger partial charge in [0.05, 0.1) is 25.1 Å². The molecule has 1 fully saturated rings. The largest absolute Gasteiger partial charge is 0.496 e.